The average Bonchev–Trinajstić information content (AvgIpc) is 2.45. The van der Waals surface area contributed by atoms with Crippen LogP contribution in [-0.4, -0.2) is 18.2 Å². The van der Waals surface area contributed by atoms with Gasteiger partial charge in [0.1, 0.15) is 0 Å². The number of nitrogens with two attached hydrogens (primary N) is 1. The Balaban J connectivity index is 1.74. The molecule has 19 heavy (non-hydrogen) atoms. The van der Waals surface area contributed by atoms with Crippen LogP contribution in [-0.2, 0) is 0 Å². The van der Waals surface area contributed by atoms with Crippen LogP contribution in [0.25, 0.3) is 0 Å². The molecule has 3 N–H and O–H groups in total. The Kier molecular flexibility index (Phi) is 4.86. The molecule has 0 aliphatic rings. The monoisotopic (exact) mass is 272 g/mol. The number of nitrogens with one attached hydrogen (secondary N) is 1. The molecule has 0 aliphatic carbocycles. The Bertz CT molecular complexity index is 526. The number of hydrogen-bond donors (Lipinski definition) is 2. The van der Waals surface area contributed by atoms with Crippen molar-refractivity contribution in [1.82, 2.24) is 5.32 Å². The van der Waals surface area contributed by atoms with E-state index in [0.29, 0.717) is 17.8 Å². The lowest BCUT2D eigenvalue weighted by atomic mass is 10.2. The molecule has 0 atom stereocenters. The molecule has 0 bridgehead atoms. The molecule has 0 saturated heterocycles. The van der Waals surface area contributed by atoms with Crippen molar-refractivity contribution in [2.75, 3.05) is 18.0 Å². The Morgan fingerprint density at radius 3 is 2.42 bits per heavy atom. The van der Waals surface area contributed by atoms with Crippen LogP contribution in [0.5, 0.6) is 0 Å². The number of carbonyl (C=O) groups excluding carboxylic acids is 1. The normalized spacial score (nSPS) is 10.1. The van der Waals surface area contributed by atoms with Crippen LogP contribution in [0.4, 0.5) is 5.69 Å². The van der Waals surface area contributed by atoms with Gasteiger partial charge in [-0.15, -0.1) is 11.8 Å². The summed E-state index contributed by atoms with van der Waals surface area (Å²) >= 11 is 1.73. The number of hydrogen-bond acceptors (Lipinski definition) is 3. The summed E-state index contributed by atoms with van der Waals surface area (Å²) in [6, 6.07) is 17.1. The Hall–Kier alpha value is -1.94. The van der Waals surface area contributed by atoms with Crippen molar-refractivity contribution < 1.29 is 4.79 Å². The van der Waals surface area contributed by atoms with Crippen molar-refractivity contribution in [1.29, 1.82) is 0 Å². The van der Waals surface area contributed by atoms with Gasteiger partial charge in [0.25, 0.3) is 5.91 Å². The van der Waals surface area contributed by atoms with Crippen molar-refractivity contribution in [3.05, 3.63) is 60.2 Å². The SMILES string of the molecule is Nc1ccc(C(=O)NCCSc2ccccc2)cc1. The summed E-state index contributed by atoms with van der Waals surface area (Å²) in [5.41, 5.74) is 6.88. The van der Waals surface area contributed by atoms with E-state index in [1.165, 1.54) is 4.90 Å². The highest BCUT2D eigenvalue weighted by Crippen LogP contribution is 2.15. The van der Waals surface area contributed by atoms with Crippen molar-refractivity contribution in [3.8, 4) is 0 Å². The van der Waals surface area contributed by atoms with Crippen LogP contribution in [0.2, 0.25) is 0 Å². The molecule has 0 aromatic heterocycles. The molecule has 0 heterocycles. The van der Waals surface area contributed by atoms with Crippen LogP contribution < -0.4 is 11.1 Å². The third kappa shape index (κ3) is 4.34. The van der Waals surface area contributed by atoms with Gasteiger partial charge in [0.15, 0.2) is 0 Å². The molecule has 2 rings (SSSR count). The Morgan fingerprint density at radius 1 is 1.05 bits per heavy atom. The van der Waals surface area contributed by atoms with Gasteiger partial charge in [0.2, 0.25) is 0 Å². The fourth-order valence-electron chi connectivity index (χ4n) is 1.59. The van der Waals surface area contributed by atoms with E-state index in [1.54, 1.807) is 36.0 Å². The molecule has 0 aliphatic heterocycles. The van der Waals surface area contributed by atoms with E-state index in [9.17, 15) is 4.79 Å². The number of rotatable bonds is 5. The first-order chi connectivity index (χ1) is 9.25. The molecule has 2 aromatic rings. The van der Waals surface area contributed by atoms with E-state index < -0.39 is 0 Å². The molecule has 2 aromatic carbocycles. The molecule has 4 heteroatoms. The summed E-state index contributed by atoms with van der Waals surface area (Å²) in [5.74, 6) is 0.790. The van der Waals surface area contributed by atoms with Crippen LogP contribution in [0.1, 0.15) is 10.4 Å². The molecular formula is C15H16N2OS. The molecular weight excluding hydrogens is 256 g/mol. The number of nitrogen functional groups attached to an aromatic ring is 1. The first kappa shape index (κ1) is 13.5. The van der Waals surface area contributed by atoms with Gasteiger partial charge >= 0.3 is 0 Å². The first-order valence-electron chi connectivity index (χ1n) is 6.07. The molecule has 0 saturated carbocycles. The highest BCUT2D eigenvalue weighted by Gasteiger charge is 2.03. The second-order valence-electron chi connectivity index (χ2n) is 4.04. The lowest BCUT2D eigenvalue weighted by Gasteiger charge is -2.05. The quantitative estimate of drug-likeness (QED) is 0.500. The average molecular weight is 272 g/mol. The zero-order chi connectivity index (χ0) is 13.5. The van der Waals surface area contributed by atoms with Crippen molar-refractivity contribution in [2.45, 2.75) is 4.90 Å². The lowest BCUT2D eigenvalue weighted by molar-refractivity contribution is 0.0956. The number of amides is 1. The van der Waals surface area contributed by atoms with E-state index in [4.69, 9.17) is 5.73 Å². The predicted octanol–water partition coefficient (Wildman–Crippen LogP) is 2.79. The van der Waals surface area contributed by atoms with Crippen molar-refractivity contribution in [2.24, 2.45) is 0 Å². The first-order valence-corrected chi connectivity index (χ1v) is 7.06. The molecule has 1 amide bonds. The number of carbonyl (C=O) groups is 1. The number of anilines is 1. The third-order valence-electron chi connectivity index (χ3n) is 2.57. The summed E-state index contributed by atoms with van der Waals surface area (Å²) in [6.45, 7) is 0.642. The van der Waals surface area contributed by atoms with Gasteiger partial charge in [-0.25, -0.2) is 0 Å². The third-order valence-corrected chi connectivity index (χ3v) is 3.59. The van der Waals surface area contributed by atoms with Gasteiger partial charge in [-0.05, 0) is 36.4 Å². The highest BCUT2D eigenvalue weighted by atomic mass is 32.2. The van der Waals surface area contributed by atoms with Gasteiger partial charge in [-0.3, -0.25) is 4.79 Å². The van der Waals surface area contributed by atoms with Crippen LogP contribution >= 0.6 is 11.8 Å². The smallest absolute Gasteiger partial charge is 0.251 e. The van der Waals surface area contributed by atoms with E-state index in [2.05, 4.69) is 17.4 Å². The van der Waals surface area contributed by atoms with Gasteiger partial charge in [-0.1, -0.05) is 18.2 Å². The van der Waals surface area contributed by atoms with Crippen molar-refractivity contribution >= 4 is 23.4 Å². The Labute approximate surface area is 117 Å². The van der Waals surface area contributed by atoms with Gasteiger partial charge < -0.3 is 11.1 Å². The van der Waals surface area contributed by atoms with Crippen LogP contribution in [0.15, 0.2) is 59.5 Å². The molecule has 0 fully saturated rings. The standard InChI is InChI=1S/C15H16N2OS/c16-13-8-6-12(7-9-13)15(18)17-10-11-19-14-4-2-1-3-5-14/h1-9H,10-11,16H2,(H,17,18). The van der Waals surface area contributed by atoms with Crippen molar-refractivity contribution in [3.63, 3.8) is 0 Å². The largest absolute Gasteiger partial charge is 0.399 e. The maximum atomic E-state index is 11.8. The minimum Gasteiger partial charge on any atom is -0.399 e. The second kappa shape index (κ2) is 6.85. The zero-order valence-corrected chi connectivity index (χ0v) is 11.3. The zero-order valence-electron chi connectivity index (χ0n) is 10.5. The molecule has 0 radical (unpaired) electrons. The fraction of sp³-hybridized carbons (Fsp3) is 0.133. The van der Waals surface area contributed by atoms with Crippen LogP contribution in [0.3, 0.4) is 0 Å². The number of thioether (sulfide) groups is 1. The predicted molar refractivity (Wildman–Crippen MR) is 80.4 cm³/mol. The maximum Gasteiger partial charge on any atom is 0.251 e. The molecule has 3 nitrogen and oxygen atoms in total. The Morgan fingerprint density at radius 2 is 1.74 bits per heavy atom. The van der Waals surface area contributed by atoms with E-state index >= 15 is 0 Å². The maximum absolute atomic E-state index is 11.8. The summed E-state index contributed by atoms with van der Waals surface area (Å²) in [6.07, 6.45) is 0. The van der Waals surface area contributed by atoms with Gasteiger partial charge in [0.05, 0.1) is 0 Å². The minimum atomic E-state index is -0.0614. The van der Waals surface area contributed by atoms with E-state index in [-0.39, 0.29) is 5.91 Å². The summed E-state index contributed by atoms with van der Waals surface area (Å²) in [4.78, 5) is 13.0. The van der Waals surface area contributed by atoms with Gasteiger partial charge in [0, 0.05) is 28.4 Å². The summed E-state index contributed by atoms with van der Waals surface area (Å²) < 4.78 is 0. The number of benzene rings is 2. The van der Waals surface area contributed by atoms with E-state index in [0.717, 1.165) is 5.75 Å². The summed E-state index contributed by atoms with van der Waals surface area (Å²) in [7, 11) is 0. The lowest BCUT2D eigenvalue weighted by Crippen LogP contribution is -2.25. The van der Waals surface area contributed by atoms with E-state index in [1.807, 2.05) is 18.2 Å². The molecule has 98 valence electrons. The van der Waals surface area contributed by atoms with Gasteiger partial charge in [-0.2, -0.15) is 0 Å². The fourth-order valence-corrected chi connectivity index (χ4v) is 2.38. The minimum absolute atomic E-state index is 0.0614. The molecule has 0 unspecified atom stereocenters. The summed E-state index contributed by atoms with van der Waals surface area (Å²) in [5, 5.41) is 2.89. The molecule has 0 spiro atoms. The second-order valence-corrected chi connectivity index (χ2v) is 5.21. The topological polar surface area (TPSA) is 55.1 Å². The highest BCUT2D eigenvalue weighted by molar-refractivity contribution is 7.99. The van der Waals surface area contributed by atoms with Crippen LogP contribution in [0, 0.1) is 0 Å².